The van der Waals surface area contributed by atoms with Crippen LogP contribution < -0.4 is 0 Å². The van der Waals surface area contributed by atoms with Gasteiger partial charge in [0.25, 0.3) is 0 Å². The summed E-state index contributed by atoms with van der Waals surface area (Å²) in [4.78, 5) is 25.6. The fraction of sp³-hybridized carbons (Fsp3) is 0.761. The number of rotatable bonds is 57. The van der Waals surface area contributed by atoms with E-state index in [1.807, 2.05) is 6.08 Å². The Balaban J connectivity index is 4.36. The van der Waals surface area contributed by atoms with Crippen molar-refractivity contribution in [2.45, 2.75) is 309 Å². The number of carbonyl (C=O) groups excluding carboxylic acids is 2. The molecule has 1 atom stereocenters. The molecular weight excluding hydrogens is 885 g/mol. The first kappa shape index (κ1) is 69.1. The van der Waals surface area contributed by atoms with E-state index in [-0.39, 0.29) is 25.2 Å². The molecule has 0 amide bonds. The van der Waals surface area contributed by atoms with Crippen LogP contribution >= 0.6 is 0 Å². The van der Waals surface area contributed by atoms with Crippen molar-refractivity contribution in [1.29, 1.82) is 0 Å². The lowest BCUT2D eigenvalue weighted by Gasteiger charge is -2.18. The van der Waals surface area contributed by atoms with Crippen LogP contribution in [0.3, 0.4) is 0 Å². The highest BCUT2D eigenvalue weighted by molar-refractivity contribution is 5.70. The highest BCUT2D eigenvalue weighted by atomic mass is 16.6. The predicted octanol–water partition coefficient (Wildman–Crippen LogP) is 21.6. The average Bonchev–Trinajstić information content (AvgIpc) is 3.38. The number of hydrogen-bond acceptors (Lipinski definition) is 5. The minimum absolute atomic E-state index is 0.0450. The highest BCUT2D eigenvalue weighted by Gasteiger charge is 2.17. The van der Waals surface area contributed by atoms with E-state index in [9.17, 15) is 9.59 Å². The minimum atomic E-state index is -0.570. The molecule has 416 valence electrons. The van der Waals surface area contributed by atoms with Crippen LogP contribution in [0.5, 0.6) is 0 Å². The second kappa shape index (κ2) is 62.4. The normalized spacial score (nSPS) is 12.8. The Kier molecular flexibility index (Phi) is 59.8. The summed E-state index contributed by atoms with van der Waals surface area (Å²) >= 11 is 0. The first-order valence-electron chi connectivity index (χ1n) is 31.1. The van der Waals surface area contributed by atoms with Gasteiger partial charge >= 0.3 is 11.9 Å². The summed E-state index contributed by atoms with van der Waals surface area (Å²) < 4.78 is 17.5. The first-order valence-corrected chi connectivity index (χ1v) is 31.1. The van der Waals surface area contributed by atoms with Crippen LogP contribution in [0.4, 0.5) is 0 Å². The van der Waals surface area contributed by atoms with Crippen molar-refractivity contribution >= 4 is 11.9 Å². The van der Waals surface area contributed by atoms with Crippen LogP contribution in [0.25, 0.3) is 0 Å². The molecule has 0 aliphatic carbocycles. The summed E-state index contributed by atoms with van der Waals surface area (Å²) in [5.41, 5.74) is 0. The maximum atomic E-state index is 12.9. The molecule has 0 aromatic heterocycles. The maximum absolute atomic E-state index is 12.9. The Morgan fingerprint density at radius 1 is 0.319 bits per heavy atom. The first-order chi connectivity index (χ1) is 35.6. The van der Waals surface area contributed by atoms with Crippen molar-refractivity contribution in [3.8, 4) is 0 Å². The van der Waals surface area contributed by atoms with E-state index in [1.165, 1.54) is 199 Å². The molecule has 0 saturated heterocycles. The molecule has 5 heteroatoms. The monoisotopic (exact) mass is 1000 g/mol. The summed E-state index contributed by atoms with van der Waals surface area (Å²) in [6.07, 6.45) is 83.5. The second-order valence-corrected chi connectivity index (χ2v) is 20.6. The molecule has 0 aromatic rings. The third-order valence-corrected chi connectivity index (χ3v) is 13.4. The number of unbranched alkanes of at least 4 members (excludes halogenated alkanes) is 32. The lowest BCUT2D eigenvalue weighted by atomic mass is 10.0. The van der Waals surface area contributed by atoms with E-state index in [2.05, 4.69) is 99.8 Å². The van der Waals surface area contributed by atoms with E-state index in [4.69, 9.17) is 14.2 Å². The summed E-state index contributed by atoms with van der Waals surface area (Å²) in [6, 6.07) is 0. The SMILES string of the molecule is CC/C=C\C/C=C\C/C=C\C/C=C\C/C=C\C/C=C\CCC(=O)OCC(COCCCCCCCCCCCC/C=C\CCCCCCCC)OC(=O)CCCCCCCCCCCCCCCCCCC. The third kappa shape index (κ3) is 59.6. The highest BCUT2D eigenvalue weighted by Crippen LogP contribution is 2.16. The second-order valence-electron chi connectivity index (χ2n) is 20.6. The van der Waals surface area contributed by atoms with Gasteiger partial charge < -0.3 is 14.2 Å². The van der Waals surface area contributed by atoms with Crippen molar-refractivity contribution in [3.05, 3.63) is 85.1 Å². The van der Waals surface area contributed by atoms with Gasteiger partial charge in [-0.1, -0.05) is 292 Å². The molecule has 5 nitrogen and oxygen atoms in total. The molecule has 0 radical (unpaired) electrons. The molecule has 0 heterocycles. The van der Waals surface area contributed by atoms with Crippen LogP contribution in [0.1, 0.15) is 303 Å². The Morgan fingerprint density at radius 3 is 1.06 bits per heavy atom. The lowest BCUT2D eigenvalue weighted by Crippen LogP contribution is -2.30. The summed E-state index contributed by atoms with van der Waals surface area (Å²) in [5, 5.41) is 0. The number of allylic oxidation sites excluding steroid dienone is 14. The average molecular weight is 1000 g/mol. The van der Waals surface area contributed by atoms with Crippen molar-refractivity contribution in [1.82, 2.24) is 0 Å². The van der Waals surface area contributed by atoms with Crippen molar-refractivity contribution in [2.75, 3.05) is 19.8 Å². The van der Waals surface area contributed by atoms with Crippen molar-refractivity contribution < 1.29 is 23.8 Å². The van der Waals surface area contributed by atoms with E-state index < -0.39 is 6.10 Å². The summed E-state index contributed by atoms with van der Waals surface area (Å²) in [5.74, 6) is -0.482. The minimum Gasteiger partial charge on any atom is -0.462 e. The quantitative estimate of drug-likeness (QED) is 0.0345. The fourth-order valence-electron chi connectivity index (χ4n) is 8.83. The Labute approximate surface area is 448 Å². The zero-order valence-corrected chi connectivity index (χ0v) is 47.9. The third-order valence-electron chi connectivity index (χ3n) is 13.4. The van der Waals surface area contributed by atoms with Gasteiger partial charge in [0.05, 0.1) is 6.61 Å². The summed E-state index contributed by atoms with van der Waals surface area (Å²) in [7, 11) is 0. The zero-order valence-electron chi connectivity index (χ0n) is 47.9. The van der Waals surface area contributed by atoms with Gasteiger partial charge in [0.15, 0.2) is 6.10 Å². The molecule has 0 fully saturated rings. The fourth-order valence-corrected chi connectivity index (χ4v) is 8.83. The smallest absolute Gasteiger partial charge is 0.306 e. The van der Waals surface area contributed by atoms with E-state index in [1.54, 1.807) is 0 Å². The van der Waals surface area contributed by atoms with Crippen LogP contribution in [-0.4, -0.2) is 37.9 Å². The van der Waals surface area contributed by atoms with E-state index >= 15 is 0 Å². The molecule has 0 aromatic carbocycles. The summed E-state index contributed by atoms with van der Waals surface area (Å²) in [6.45, 7) is 7.67. The van der Waals surface area contributed by atoms with Gasteiger partial charge in [0, 0.05) is 19.4 Å². The molecule has 0 N–H and O–H groups in total. The standard InChI is InChI=1S/C67H118O5/c1-4-7-10-13-16-19-22-25-28-31-33-35-38-41-44-47-50-53-56-59-62-70-63-65(72-67(69)61-58-55-52-49-46-43-40-36-30-27-24-21-18-15-12-9-6-3)64-71-66(68)60-57-54-51-48-45-42-39-37-34-32-29-26-23-20-17-14-11-8-5-2/h8,11,17,20,25-26,28-29,34,37,42,45,51,54,65H,4-7,9-10,12-16,18-19,21-24,27,30-33,35-36,38-41,43-44,46-50,52-53,55-64H2,1-3H3/b11-8-,20-17-,28-25-,29-26-,37-34-,45-42-,54-51-. The largest absolute Gasteiger partial charge is 0.462 e. The van der Waals surface area contributed by atoms with Crippen LogP contribution in [-0.2, 0) is 23.8 Å². The molecule has 0 rings (SSSR count). The molecule has 0 saturated carbocycles. The maximum Gasteiger partial charge on any atom is 0.306 e. The number of esters is 2. The van der Waals surface area contributed by atoms with Gasteiger partial charge in [-0.15, -0.1) is 0 Å². The van der Waals surface area contributed by atoms with E-state index in [0.29, 0.717) is 25.9 Å². The predicted molar refractivity (Wildman–Crippen MR) is 316 cm³/mol. The van der Waals surface area contributed by atoms with Crippen LogP contribution in [0, 0.1) is 0 Å². The lowest BCUT2D eigenvalue weighted by molar-refractivity contribution is -0.162. The topological polar surface area (TPSA) is 61.8 Å². The molecule has 72 heavy (non-hydrogen) atoms. The molecule has 0 aliphatic rings. The number of ether oxygens (including phenoxy) is 3. The Morgan fingerprint density at radius 2 is 0.653 bits per heavy atom. The number of carbonyl (C=O) groups is 2. The van der Waals surface area contributed by atoms with Crippen LogP contribution in [0.2, 0.25) is 0 Å². The van der Waals surface area contributed by atoms with E-state index in [0.717, 1.165) is 64.2 Å². The molecule has 0 spiro atoms. The Hall–Kier alpha value is -2.92. The molecule has 0 aliphatic heterocycles. The van der Waals surface area contributed by atoms with Gasteiger partial charge in [0.1, 0.15) is 6.61 Å². The molecule has 0 bridgehead atoms. The van der Waals surface area contributed by atoms with Gasteiger partial charge in [-0.2, -0.15) is 0 Å². The zero-order chi connectivity index (χ0) is 52.0. The number of hydrogen-bond donors (Lipinski definition) is 0. The van der Waals surface area contributed by atoms with Gasteiger partial charge in [-0.25, -0.2) is 0 Å². The molecule has 1 unspecified atom stereocenters. The van der Waals surface area contributed by atoms with Gasteiger partial charge in [0.2, 0.25) is 0 Å². The van der Waals surface area contributed by atoms with Crippen molar-refractivity contribution in [3.63, 3.8) is 0 Å². The van der Waals surface area contributed by atoms with Gasteiger partial charge in [-0.3, -0.25) is 9.59 Å². The van der Waals surface area contributed by atoms with Crippen LogP contribution in [0.15, 0.2) is 85.1 Å². The van der Waals surface area contributed by atoms with Gasteiger partial charge in [-0.05, 0) is 83.5 Å². The molecular formula is C67H118O5. The van der Waals surface area contributed by atoms with Crippen molar-refractivity contribution in [2.24, 2.45) is 0 Å². The Bertz CT molecular complexity index is 1320.